The molecule has 7 heteroatoms. The molecule has 0 aliphatic rings. The number of hydrogen-bond donors (Lipinski definition) is 3. The summed E-state index contributed by atoms with van der Waals surface area (Å²) in [7, 11) is 1.43. The third kappa shape index (κ3) is 4.05. The molecule has 96 valence electrons. The van der Waals surface area contributed by atoms with Crippen LogP contribution in [0.2, 0.25) is 0 Å². The van der Waals surface area contributed by atoms with Crippen LogP contribution in [0.15, 0.2) is 24.3 Å². The molecule has 7 nitrogen and oxygen atoms in total. The molecule has 1 rings (SSSR count). The average molecular weight is 252 g/mol. The number of rotatable bonds is 3. The van der Waals surface area contributed by atoms with E-state index >= 15 is 0 Å². The third-order valence-electron chi connectivity index (χ3n) is 1.87. The van der Waals surface area contributed by atoms with Gasteiger partial charge in [0.2, 0.25) is 0 Å². The van der Waals surface area contributed by atoms with Gasteiger partial charge in [-0.15, -0.1) is 0 Å². The number of hydrogen-bond acceptors (Lipinski definition) is 5. The van der Waals surface area contributed by atoms with Gasteiger partial charge in [0.05, 0.1) is 7.11 Å². The Morgan fingerprint density at radius 3 is 2.78 bits per heavy atom. The van der Waals surface area contributed by atoms with Crippen molar-refractivity contribution in [3.63, 3.8) is 0 Å². The predicted molar refractivity (Wildman–Crippen MR) is 62.5 cm³/mol. The van der Waals surface area contributed by atoms with Crippen LogP contribution in [-0.4, -0.2) is 24.2 Å². The molecule has 0 bridgehead atoms. The van der Waals surface area contributed by atoms with Crippen LogP contribution < -0.4 is 16.0 Å². The van der Waals surface area contributed by atoms with Crippen LogP contribution in [0.1, 0.15) is 5.56 Å². The van der Waals surface area contributed by atoms with Gasteiger partial charge in [0, 0.05) is 17.7 Å². The summed E-state index contributed by atoms with van der Waals surface area (Å²) < 4.78 is 5.00. The number of urea groups is 1. The van der Waals surface area contributed by atoms with E-state index in [0.29, 0.717) is 11.3 Å². The summed E-state index contributed by atoms with van der Waals surface area (Å²) in [6, 6.07) is 3.42. The van der Waals surface area contributed by atoms with Gasteiger partial charge in [-0.25, -0.2) is 9.59 Å². The van der Waals surface area contributed by atoms with Crippen LogP contribution in [0.25, 0.3) is 6.08 Å². The zero-order valence-electron chi connectivity index (χ0n) is 9.54. The molecule has 0 unspecified atom stereocenters. The Morgan fingerprint density at radius 2 is 2.17 bits per heavy atom. The molecule has 0 fully saturated rings. The lowest BCUT2D eigenvalue weighted by atomic mass is 10.2. The van der Waals surface area contributed by atoms with Gasteiger partial charge in [-0.3, -0.25) is 0 Å². The first-order chi connectivity index (χ1) is 8.52. The van der Waals surface area contributed by atoms with E-state index in [1.165, 1.54) is 25.3 Å². The number of phenolic OH excluding ortho intramolecular Hbond substituents is 1. The number of carbonyl (C=O) groups is 2. The highest BCUT2D eigenvalue weighted by molar-refractivity contribution is 5.88. The lowest BCUT2D eigenvalue weighted by Crippen LogP contribution is -2.31. The van der Waals surface area contributed by atoms with Gasteiger partial charge in [-0.05, 0) is 18.2 Å². The standard InChI is InChI=1S/C11H12N2O5/c1-17-9-6-8(14)4-2-7(9)3-5-10(15)18-13-11(12)16/h2-6,14H,1H3,(H3,12,13,16). The summed E-state index contributed by atoms with van der Waals surface area (Å²) in [6.07, 6.45) is 2.48. The van der Waals surface area contributed by atoms with Crippen molar-refractivity contribution in [1.82, 2.24) is 5.48 Å². The van der Waals surface area contributed by atoms with E-state index < -0.39 is 12.0 Å². The van der Waals surface area contributed by atoms with Crippen molar-refractivity contribution < 1.29 is 24.3 Å². The minimum Gasteiger partial charge on any atom is -0.508 e. The number of aromatic hydroxyl groups is 1. The highest BCUT2D eigenvalue weighted by Gasteiger charge is 2.03. The summed E-state index contributed by atoms with van der Waals surface area (Å²) in [5.41, 5.74) is 6.96. The maximum absolute atomic E-state index is 11.1. The van der Waals surface area contributed by atoms with Crippen LogP contribution in [0, 0.1) is 0 Å². The Balaban J connectivity index is 2.72. The average Bonchev–Trinajstić information content (AvgIpc) is 2.34. The number of nitrogens with one attached hydrogen (secondary N) is 1. The minimum absolute atomic E-state index is 0.0435. The molecule has 1 aromatic rings. The SMILES string of the molecule is COc1cc(O)ccc1C=CC(=O)ONC(N)=O. The molecule has 18 heavy (non-hydrogen) atoms. The van der Waals surface area contributed by atoms with Crippen molar-refractivity contribution in [3.8, 4) is 11.5 Å². The van der Waals surface area contributed by atoms with Crippen molar-refractivity contribution in [2.75, 3.05) is 7.11 Å². The molecule has 0 saturated carbocycles. The molecule has 0 saturated heterocycles. The summed E-state index contributed by atoms with van der Waals surface area (Å²) >= 11 is 0. The van der Waals surface area contributed by atoms with E-state index in [2.05, 4.69) is 4.84 Å². The number of primary amides is 1. The third-order valence-corrected chi connectivity index (χ3v) is 1.87. The second-order valence-corrected chi connectivity index (χ2v) is 3.15. The summed E-state index contributed by atoms with van der Waals surface area (Å²) in [4.78, 5) is 25.7. The van der Waals surface area contributed by atoms with Crippen molar-refractivity contribution in [2.24, 2.45) is 5.73 Å². The van der Waals surface area contributed by atoms with E-state index in [1.54, 1.807) is 11.5 Å². The van der Waals surface area contributed by atoms with Crippen molar-refractivity contribution in [1.29, 1.82) is 0 Å². The summed E-state index contributed by atoms with van der Waals surface area (Å²) in [5.74, 6) is -0.368. The molecule has 0 aliphatic carbocycles. The fourth-order valence-electron chi connectivity index (χ4n) is 1.13. The lowest BCUT2D eigenvalue weighted by molar-refractivity contribution is -0.142. The van der Waals surface area contributed by atoms with Gasteiger partial charge in [-0.2, -0.15) is 5.48 Å². The monoisotopic (exact) mass is 252 g/mol. The van der Waals surface area contributed by atoms with E-state index in [-0.39, 0.29) is 5.75 Å². The quantitative estimate of drug-likeness (QED) is 0.537. The summed E-state index contributed by atoms with van der Waals surface area (Å²) in [6.45, 7) is 0. The number of carbonyl (C=O) groups excluding carboxylic acids is 2. The highest BCUT2D eigenvalue weighted by atomic mass is 16.7. The van der Waals surface area contributed by atoms with Crippen LogP contribution in [0.5, 0.6) is 11.5 Å². The van der Waals surface area contributed by atoms with Gasteiger partial charge in [0.1, 0.15) is 11.5 Å². The van der Waals surface area contributed by atoms with E-state index in [9.17, 15) is 14.7 Å². The smallest absolute Gasteiger partial charge is 0.355 e. The van der Waals surface area contributed by atoms with Crippen LogP contribution in [-0.2, 0) is 9.63 Å². The summed E-state index contributed by atoms with van der Waals surface area (Å²) in [5, 5.41) is 9.23. The van der Waals surface area contributed by atoms with Crippen LogP contribution >= 0.6 is 0 Å². The maximum atomic E-state index is 11.1. The zero-order valence-corrected chi connectivity index (χ0v) is 9.54. The first kappa shape index (κ1) is 13.4. The largest absolute Gasteiger partial charge is 0.508 e. The number of methoxy groups -OCH3 is 1. The Hall–Kier alpha value is -2.70. The number of hydroxylamine groups is 1. The predicted octanol–water partition coefficient (Wildman–Crippen LogP) is 0.540. The Morgan fingerprint density at radius 1 is 1.44 bits per heavy atom. The van der Waals surface area contributed by atoms with Crippen molar-refractivity contribution in [2.45, 2.75) is 0 Å². The Bertz CT molecular complexity index is 484. The zero-order chi connectivity index (χ0) is 13.5. The molecule has 2 amide bonds. The first-order valence-electron chi connectivity index (χ1n) is 4.84. The maximum Gasteiger partial charge on any atom is 0.355 e. The van der Waals surface area contributed by atoms with Gasteiger partial charge in [0.15, 0.2) is 0 Å². The number of phenols is 1. The molecule has 1 aromatic carbocycles. The second kappa shape index (κ2) is 6.14. The Labute approximate surface area is 103 Å². The molecule has 0 heterocycles. The number of ether oxygens (including phenoxy) is 1. The molecule has 0 atom stereocenters. The van der Waals surface area contributed by atoms with Gasteiger partial charge < -0.3 is 20.4 Å². The number of benzene rings is 1. The van der Waals surface area contributed by atoms with Crippen molar-refractivity contribution in [3.05, 3.63) is 29.8 Å². The van der Waals surface area contributed by atoms with E-state index in [4.69, 9.17) is 10.5 Å². The normalized spacial score (nSPS) is 10.1. The van der Waals surface area contributed by atoms with Gasteiger partial charge in [-0.1, -0.05) is 0 Å². The van der Waals surface area contributed by atoms with Crippen LogP contribution in [0.3, 0.4) is 0 Å². The first-order valence-corrected chi connectivity index (χ1v) is 4.84. The lowest BCUT2D eigenvalue weighted by Gasteiger charge is -2.04. The van der Waals surface area contributed by atoms with Crippen LogP contribution in [0.4, 0.5) is 4.79 Å². The molecular formula is C11H12N2O5. The fraction of sp³-hybridized carbons (Fsp3) is 0.0909. The molecule has 0 aromatic heterocycles. The molecular weight excluding hydrogens is 240 g/mol. The minimum atomic E-state index is -0.973. The van der Waals surface area contributed by atoms with E-state index in [1.807, 2.05) is 0 Å². The highest BCUT2D eigenvalue weighted by Crippen LogP contribution is 2.24. The topological polar surface area (TPSA) is 111 Å². The van der Waals surface area contributed by atoms with Gasteiger partial charge >= 0.3 is 12.0 Å². The second-order valence-electron chi connectivity index (χ2n) is 3.15. The Kier molecular flexibility index (Phi) is 4.56. The molecule has 0 spiro atoms. The van der Waals surface area contributed by atoms with Gasteiger partial charge in [0.25, 0.3) is 0 Å². The molecule has 4 N–H and O–H groups in total. The molecule has 0 radical (unpaired) electrons. The fourth-order valence-corrected chi connectivity index (χ4v) is 1.13. The van der Waals surface area contributed by atoms with E-state index in [0.717, 1.165) is 6.08 Å². The number of amides is 2. The molecule has 0 aliphatic heterocycles. The van der Waals surface area contributed by atoms with Crippen molar-refractivity contribution >= 4 is 18.1 Å². The number of nitrogens with two attached hydrogens (primary N) is 1.